The summed E-state index contributed by atoms with van der Waals surface area (Å²) in [5, 5.41) is 11.1. The van der Waals surface area contributed by atoms with Gasteiger partial charge in [0.25, 0.3) is 0 Å². The Bertz CT molecular complexity index is 213. The minimum Gasteiger partial charge on any atom is -0.316 e. The van der Waals surface area contributed by atoms with Gasteiger partial charge in [0.2, 0.25) is 0 Å². The third kappa shape index (κ3) is 4.06. The Balaban J connectivity index is 2.23. The highest BCUT2D eigenvalue weighted by Gasteiger charge is 2.06. The Morgan fingerprint density at radius 2 is 2.54 bits per heavy atom. The van der Waals surface area contributed by atoms with Gasteiger partial charge < -0.3 is 5.32 Å². The van der Waals surface area contributed by atoms with E-state index in [0.717, 1.165) is 10.1 Å². The Hall–Kier alpha value is -0.130. The molecular formula is C8H15N3S2. The van der Waals surface area contributed by atoms with Gasteiger partial charge in [-0.3, -0.25) is 0 Å². The lowest BCUT2D eigenvalue weighted by Crippen LogP contribution is -2.27. The van der Waals surface area contributed by atoms with Crippen LogP contribution in [0.2, 0.25) is 0 Å². The van der Waals surface area contributed by atoms with E-state index in [1.165, 1.54) is 12.8 Å². The highest BCUT2D eigenvalue weighted by atomic mass is 32.2. The number of thioether (sulfide) groups is 1. The van der Waals surface area contributed by atoms with Crippen LogP contribution < -0.4 is 5.32 Å². The van der Waals surface area contributed by atoms with Crippen LogP contribution in [0.25, 0.3) is 0 Å². The van der Waals surface area contributed by atoms with Gasteiger partial charge >= 0.3 is 0 Å². The maximum Gasteiger partial charge on any atom is 0.174 e. The zero-order chi connectivity index (χ0) is 9.52. The van der Waals surface area contributed by atoms with Crippen LogP contribution in [0.15, 0.2) is 9.85 Å². The fourth-order valence-corrected chi connectivity index (χ4v) is 2.72. The summed E-state index contributed by atoms with van der Waals surface area (Å²) in [5.41, 5.74) is 1.77. The van der Waals surface area contributed by atoms with Crippen LogP contribution in [0.1, 0.15) is 19.8 Å². The van der Waals surface area contributed by atoms with Crippen molar-refractivity contribution in [1.82, 2.24) is 15.5 Å². The van der Waals surface area contributed by atoms with Crippen molar-refractivity contribution in [1.29, 1.82) is 0 Å². The summed E-state index contributed by atoms with van der Waals surface area (Å²) >= 11 is 3.39. The Labute approximate surface area is 87.3 Å². The molecule has 5 heteroatoms. The molecule has 0 bridgehead atoms. The number of aromatic nitrogens is 2. The number of hydrogen-bond donors (Lipinski definition) is 1. The van der Waals surface area contributed by atoms with Crippen molar-refractivity contribution in [2.24, 2.45) is 0 Å². The lowest BCUT2D eigenvalue weighted by molar-refractivity contribution is 0.564. The molecule has 1 unspecified atom stereocenters. The highest BCUT2D eigenvalue weighted by molar-refractivity contribution is 8.01. The van der Waals surface area contributed by atoms with Gasteiger partial charge in [-0.1, -0.05) is 36.4 Å². The van der Waals surface area contributed by atoms with Crippen molar-refractivity contribution in [3.63, 3.8) is 0 Å². The molecule has 1 heterocycles. The predicted molar refractivity (Wildman–Crippen MR) is 58.4 cm³/mol. The van der Waals surface area contributed by atoms with Gasteiger partial charge in [-0.25, -0.2) is 0 Å². The third-order valence-corrected chi connectivity index (χ3v) is 3.82. The lowest BCUT2D eigenvalue weighted by atomic mass is 10.2. The number of rotatable bonds is 6. The monoisotopic (exact) mass is 217 g/mol. The zero-order valence-electron chi connectivity index (χ0n) is 7.99. The number of nitrogens with one attached hydrogen (secondary N) is 1. The molecule has 0 aromatic carbocycles. The van der Waals surface area contributed by atoms with Gasteiger partial charge in [-0.2, -0.15) is 0 Å². The molecule has 1 aromatic rings. The molecule has 0 aliphatic carbocycles. The van der Waals surface area contributed by atoms with Crippen LogP contribution in [0.4, 0.5) is 0 Å². The molecule has 1 N–H and O–H groups in total. The Kier molecular flexibility index (Phi) is 5.34. The maximum atomic E-state index is 3.99. The first-order valence-corrected chi connectivity index (χ1v) is 6.29. The quantitative estimate of drug-likeness (QED) is 0.740. The predicted octanol–water partition coefficient (Wildman–Crippen LogP) is 2.02. The second-order valence-corrected chi connectivity index (χ2v) is 4.89. The highest BCUT2D eigenvalue weighted by Crippen LogP contribution is 2.20. The summed E-state index contributed by atoms with van der Waals surface area (Å²) in [6.07, 6.45) is 2.45. The first-order valence-electron chi connectivity index (χ1n) is 4.43. The molecule has 0 saturated heterocycles. The summed E-state index contributed by atoms with van der Waals surface area (Å²) in [6.45, 7) is 2.21. The topological polar surface area (TPSA) is 37.8 Å². The van der Waals surface area contributed by atoms with Crippen LogP contribution in [-0.4, -0.2) is 29.0 Å². The van der Waals surface area contributed by atoms with E-state index in [0.29, 0.717) is 6.04 Å². The number of nitrogens with zero attached hydrogens (tertiary/aromatic N) is 2. The third-order valence-electron chi connectivity index (χ3n) is 1.79. The van der Waals surface area contributed by atoms with E-state index in [9.17, 15) is 0 Å². The molecule has 74 valence electrons. The van der Waals surface area contributed by atoms with E-state index in [1.807, 2.05) is 7.05 Å². The largest absolute Gasteiger partial charge is 0.316 e. The summed E-state index contributed by atoms with van der Waals surface area (Å²) in [5.74, 6) is 1.08. The van der Waals surface area contributed by atoms with Gasteiger partial charge in [0.05, 0.1) is 0 Å². The van der Waals surface area contributed by atoms with Crippen molar-refractivity contribution in [2.75, 3.05) is 12.8 Å². The molecule has 1 rings (SSSR count). The first-order chi connectivity index (χ1) is 6.36. The Morgan fingerprint density at radius 1 is 1.69 bits per heavy atom. The summed E-state index contributed by atoms with van der Waals surface area (Å²) in [4.78, 5) is 0. The van der Waals surface area contributed by atoms with Gasteiger partial charge in [0.1, 0.15) is 5.51 Å². The van der Waals surface area contributed by atoms with Gasteiger partial charge in [-0.05, 0) is 13.5 Å². The fourth-order valence-electron chi connectivity index (χ4n) is 1.06. The van der Waals surface area contributed by atoms with Crippen molar-refractivity contribution < 1.29 is 0 Å². The molecule has 3 nitrogen and oxygen atoms in total. The standard InChI is InChI=1S/C8H15N3S2/c1-3-4-7(9-2)5-12-8-11-10-6-13-8/h6-7,9H,3-5H2,1-2H3. The minimum absolute atomic E-state index is 0.596. The normalized spacial score (nSPS) is 13.1. The van der Waals surface area contributed by atoms with E-state index in [-0.39, 0.29) is 0 Å². The molecule has 13 heavy (non-hydrogen) atoms. The summed E-state index contributed by atoms with van der Waals surface area (Å²) in [7, 11) is 2.01. The van der Waals surface area contributed by atoms with E-state index < -0.39 is 0 Å². The van der Waals surface area contributed by atoms with Gasteiger partial charge in [-0.15, -0.1) is 10.2 Å². The van der Waals surface area contributed by atoms with E-state index >= 15 is 0 Å². The van der Waals surface area contributed by atoms with Gasteiger partial charge in [0, 0.05) is 11.8 Å². The molecule has 1 atom stereocenters. The smallest absolute Gasteiger partial charge is 0.174 e. The first kappa shape index (κ1) is 10.9. The van der Waals surface area contributed by atoms with Crippen LogP contribution in [0, 0.1) is 0 Å². The molecule has 0 aliphatic heterocycles. The van der Waals surface area contributed by atoms with Crippen molar-refractivity contribution in [3.8, 4) is 0 Å². The lowest BCUT2D eigenvalue weighted by Gasteiger charge is -2.12. The molecule has 0 radical (unpaired) electrons. The summed E-state index contributed by atoms with van der Waals surface area (Å²) < 4.78 is 1.07. The Morgan fingerprint density at radius 3 is 3.08 bits per heavy atom. The fraction of sp³-hybridized carbons (Fsp3) is 0.750. The molecule has 0 amide bonds. The maximum absolute atomic E-state index is 3.99. The molecule has 0 saturated carbocycles. The molecule has 1 aromatic heterocycles. The van der Waals surface area contributed by atoms with Crippen LogP contribution in [0.3, 0.4) is 0 Å². The zero-order valence-corrected chi connectivity index (χ0v) is 9.62. The van der Waals surface area contributed by atoms with Gasteiger partial charge in [0.15, 0.2) is 4.34 Å². The van der Waals surface area contributed by atoms with Crippen LogP contribution >= 0.6 is 23.1 Å². The number of hydrogen-bond acceptors (Lipinski definition) is 5. The van der Waals surface area contributed by atoms with Crippen molar-refractivity contribution in [2.45, 2.75) is 30.1 Å². The van der Waals surface area contributed by atoms with E-state index in [1.54, 1.807) is 28.6 Å². The molecule has 0 aliphatic rings. The van der Waals surface area contributed by atoms with Crippen LogP contribution in [-0.2, 0) is 0 Å². The van der Waals surface area contributed by atoms with E-state index in [4.69, 9.17) is 0 Å². The minimum atomic E-state index is 0.596. The van der Waals surface area contributed by atoms with E-state index in [2.05, 4.69) is 22.4 Å². The average Bonchev–Trinajstić information content (AvgIpc) is 2.64. The average molecular weight is 217 g/mol. The van der Waals surface area contributed by atoms with Crippen LogP contribution in [0.5, 0.6) is 0 Å². The molecular weight excluding hydrogens is 202 g/mol. The van der Waals surface area contributed by atoms with Crippen molar-refractivity contribution in [3.05, 3.63) is 5.51 Å². The molecule has 0 spiro atoms. The second kappa shape index (κ2) is 6.34. The second-order valence-electron chi connectivity index (χ2n) is 2.79. The molecule has 0 fully saturated rings. The SMILES string of the molecule is CCCC(CSc1nncs1)NC. The van der Waals surface area contributed by atoms with Crippen molar-refractivity contribution >= 4 is 23.1 Å². The summed E-state index contributed by atoms with van der Waals surface area (Å²) in [6, 6.07) is 0.596.